The molecule has 0 fully saturated rings. The maximum absolute atomic E-state index is 13.4. The summed E-state index contributed by atoms with van der Waals surface area (Å²) in [6.45, 7) is 1.51. The Morgan fingerprint density at radius 2 is 1.70 bits per heavy atom. The van der Waals surface area contributed by atoms with E-state index in [4.69, 9.17) is 14.7 Å². The van der Waals surface area contributed by atoms with Crippen molar-refractivity contribution in [2.45, 2.75) is 42.8 Å². The average Bonchev–Trinajstić information content (AvgIpc) is 2.77. The van der Waals surface area contributed by atoms with Crippen LogP contribution in [0.25, 0.3) is 0 Å². The minimum absolute atomic E-state index is 0.0470. The summed E-state index contributed by atoms with van der Waals surface area (Å²) in [6, 6.07) is 14.3. The number of rotatable bonds is 11. The maximum atomic E-state index is 13.4. The van der Waals surface area contributed by atoms with Gasteiger partial charge in [-0.05, 0) is 37.0 Å². The number of sulfone groups is 1. The first-order chi connectivity index (χ1) is 14.3. The SMILES string of the molecule is COc1ccc(S(=O)(=O)[C@@H](CCCCc2ccccc2)[C@@H](C)C(=O)NO)cc1OC. The van der Waals surface area contributed by atoms with Crippen LogP contribution in [0.3, 0.4) is 0 Å². The Balaban J connectivity index is 2.23. The van der Waals surface area contributed by atoms with Crippen molar-refractivity contribution in [3.05, 3.63) is 54.1 Å². The predicted octanol–water partition coefficient (Wildman–Crippen LogP) is 3.40. The van der Waals surface area contributed by atoms with Crippen LogP contribution in [0.1, 0.15) is 31.7 Å². The van der Waals surface area contributed by atoms with Gasteiger partial charge in [-0.15, -0.1) is 0 Å². The van der Waals surface area contributed by atoms with Gasteiger partial charge in [0.15, 0.2) is 21.3 Å². The van der Waals surface area contributed by atoms with Crippen LogP contribution in [-0.2, 0) is 21.1 Å². The average molecular weight is 436 g/mol. The van der Waals surface area contributed by atoms with Crippen molar-refractivity contribution in [3.8, 4) is 11.5 Å². The number of nitrogens with one attached hydrogen (secondary N) is 1. The first-order valence-corrected chi connectivity index (χ1v) is 11.3. The quantitative estimate of drug-likeness (QED) is 0.319. The largest absolute Gasteiger partial charge is 0.493 e. The van der Waals surface area contributed by atoms with Crippen molar-refractivity contribution in [3.63, 3.8) is 0 Å². The van der Waals surface area contributed by atoms with Crippen molar-refractivity contribution in [2.24, 2.45) is 5.92 Å². The fourth-order valence-corrected chi connectivity index (χ4v) is 5.45. The summed E-state index contributed by atoms with van der Waals surface area (Å²) in [4.78, 5) is 12.1. The van der Waals surface area contributed by atoms with E-state index in [1.165, 1.54) is 44.9 Å². The Morgan fingerprint density at radius 1 is 1.03 bits per heavy atom. The highest BCUT2D eigenvalue weighted by Gasteiger charge is 2.36. The van der Waals surface area contributed by atoms with Crippen molar-refractivity contribution >= 4 is 15.7 Å². The summed E-state index contributed by atoms with van der Waals surface area (Å²) < 4.78 is 37.1. The number of hydrogen-bond acceptors (Lipinski definition) is 6. The second-order valence-electron chi connectivity index (χ2n) is 7.10. The van der Waals surface area contributed by atoms with Gasteiger partial charge in [-0.1, -0.05) is 43.7 Å². The highest BCUT2D eigenvalue weighted by molar-refractivity contribution is 7.92. The smallest absolute Gasteiger partial charge is 0.247 e. The van der Waals surface area contributed by atoms with Gasteiger partial charge in [-0.3, -0.25) is 10.0 Å². The van der Waals surface area contributed by atoms with Gasteiger partial charge in [0.05, 0.1) is 30.3 Å². The molecule has 2 rings (SSSR count). The molecule has 0 aliphatic carbocycles. The first kappa shape index (κ1) is 23.7. The minimum atomic E-state index is -3.87. The standard InChI is InChI=1S/C22H29NO6S/c1-16(22(24)23-25)21(12-8-7-11-17-9-5-4-6-10-17)30(26,27)18-13-14-19(28-2)20(15-18)29-3/h4-6,9-10,13-16,21,25H,7-8,11-12H2,1-3H3,(H,23,24)/t16-,21+/m1/s1. The van der Waals surface area contributed by atoms with Crippen LogP contribution in [0.5, 0.6) is 11.5 Å². The van der Waals surface area contributed by atoms with E-state index in [2.05, 4.69) is 0 Å². The normalized spacial score (nSPS) is 13.3. The molecule has 0 bridgehead atoms. The third kappa shape index (κ3) is 5.73. The molecular weight excluding hydrogens is 406 g/mol. The Kier molecular flexibility index (Phi) is 8.68. The summed E-state index contributed by atoms with van der Waals surface area (Å²) >= 11 is 0. The molecule has 2 aromatic carbocycles. The van der Waals surface area contributed by atoms with Crippen LogP contribution in [0, 0.1) is 5.92 Å². The number of aryl methyl sites for hydroxylation is 1. The van der Waals surface area contributed by atoms with Gasteiger partial charge in [-0.25, -0.2) is 13.9 Å². The number of carbonyl (C=O) groups is 1. The fourth-order valence-electron chi connectivity index (χ4n) is 3.43. The topological polar surface area (TPSA) is 102 Å². The third-order valence-corrected chi connectivity index (χ3v) is 7.56. The van der Waals surface area contributed by atoms with Crippen LogP contribution < -0.4 is 15.0 Å². The molecule has 0 heterocycles. The van der Waals surface area contributed by atoms with Gasteiger partial charge in [0.25, 0.3) is 0 Å². The van der Waals surface area contributed by atoms with Gasteiger partial charge in [0, 0.05) is 6.07 Å². The molecule has 0 spiro atoms. The second-order valence-corrected chi connectivity index (χ2v) is 9.26. The summed E-state index contributed by atoms with van der Waals surface area (Å²) in [5.41, 5.74) is 2.76. The van der Waals surface area contributed by atoms with Crippen LogP contribution >= 0.6 is 0 Å². The number of carbonyl (C=O) groups excluding carboxylic acids is 1. The summed E-state index contributed by atoms with van der Waals surface area (Å²) in [7, 11) is -0.970. The zero-order valence-corrected chi connectivity index (χ0v) is 18.3. The van der Waals surface area contributed by atoms with Gasteiger partial charge in [0.1, 0.15) is 0 Å². The van der Waals surface area contributed by atoms with Crippen LogP contribution in [0.2, 0.25) is 0 Å². The van der Waals surface area contributed by atoms with E-state index in [-0.39, 0.29) is 11.3 Å². The fraction of sp³-hybridized carbons (Fsp3) is 0.409. The molecule has 2 atom stereocenters. The second kappa shape index (κ2) is 11.0. The van der Waals surface area contributed by atoms with Crippen molar-refractivity contribution in [1.82, 2.24) is 5.48 Å². The lowest BCUT2D eigenvalue weighted by atomic mass is 10.00. The van der Waals surface area contributed by atoms with Crippen molar-refractivity contribution < 1.29 is 27.9 Å². The number of methoxy groups -OCH3 is 2. The molecule has 0 aromatic heterocycles. The van der Waals surface area contributed by atoms with E-state index in [0.717, 1.165) is 12.8 Å². The lowest BCUT2D eigenvalue weighted by Gasteiger charge is -2.23. The monoisotopic (exact) mass is 435 g/mol. The number of amides is 1. The Labute approximate surface area is 177 Å². The molecular formula is C22H29NO6S. The lowest BCUT2D eigenvalue weighted by molar-refractivity contribution is -0.132. The van der Waals surface area contributed by atoms with Gasteiger partial charge in [0.2, 0.25) is 5.91 Å². The molecule has 2 N–H and O–H groups in total. The maximum Gasteiger partial charge on any atom is 0.247 e. The molecule has 0 radical (unpaired) electrons. The Hall–Kier alpha value is -2.58. The van der Waals surface area contributed by atoms with Crippen molar-refractivity contribution in [2.75, 3.05) is 14.2 Å². The van der Waals surface area contributed by atoms with Gasteiger partial charge < -0.3 is 9.47 Å². The molecule has 7 nitrogen and oxygen atoms in total. The molecule has 164 valence electrons. The number of unbranched alkanes of at least 4 members (excludes halogenated alkanes) is 1. The molecule has 0 aliphatic heterocycles. The van der Waals surface area contributed by atoms with E-state index >= 15 is 0 Å². The molecule has 30 heavy (non-hydrogen) atoms. The molecule has 2 aromatic rings. The van der Waals surface area contributed by atoms with E-state index in [0.29, 0.717) is 17.9 Å². The molecule has 0 unspecified atom stereocenters. The first-order valence-electron chi connectivity index (χ1n) is 9.79. The minimum Gasteiger partial charge on any atom is -0.493 e. The van der Waals surface area contributed by atoms with E-state index in [9.17, 15) is 13.2 Å². The summed E-state index contributed by atoms with van der Waals surface area (Å²) in [5.74, 6) is -0.949. The van der Waals surface area contributed by atoms with E-state index in [1.807, 2.05) is 30.3 Å². The van der Waals surface area contributed by atoms with E-state index < -0.39 is 26.9 Å². The van der Waals surface area contributed by atoms with Crippen molar-refractivity contribution in [1.29, 1.82) is 0 Å². The van der Waals surface area contributed by atoms with Crippen LogP contribution in [0.15, 0.2) is 53.4 Å². The number of ether oxygens (including phenoxy) is 2. The lowest BCUT2D eigenvalue weighted by Crippen LogP contribution is -2.38. The van der Waals surface area contributed by atoms with Crippen LogP contribution in [-0.4, -0.2) is 39.0 Å². The predicted molar refractivity (Wildman–Crippen MR) is 114 cm³/mol. The number of hydrogen-bond donors (Lipinski definition) is 2. The number of hydroxylamine groups is 1. The highest BCUT2D eigenvalue weighted by atomic mass is 32.2. The number of benzene rings is 2. The molecule has 0 aliphatic rings. The zero-order valence-electron chi connectivity index (χ0n) is 17.5. The summed E-state index contributed by atoms with van der Waals surface area (Å²) in [6.07, 6.45) is 2.52. The Morgan fingerprint density at radius 3 is 2.30 bits per heavy atom. The molecule has 0 saturated carbocycles. The molecule has 8 heteroatoms. The van der Waals surface area contributed by atoms with Crippen LogP contribution in [0.4, 0.5) is 0 Å². The Bertz CT molecular complexity index is 930. The summed E-state index contributed by atoms with van der Waals surface area (Å²) in [5, 5.41) is 8.04. The van der Waals surface area contributed by atoms with Gasteiger partial charge in [-0.2, -0.15) is 0 Å². The zero-order chi connectivity index (χ0) is 22.1. The third-order valence-electron chi connectivity index (χ3n) is 5.21. The van der Waals surface area contributed by atoms with Gasteiger partial charge >= 0.3 is 0 Å². The highest BCUT2D eigenvalue weighted by Crippen LogP contribution is 2.33. The van der Waals surface area contributed by atoms with E-state index in [1.54, 1.807) is 5.48 Å². The molecule has 1 amide bonds. The molecule has 0 saturated heterocycles.